The van der Waals surface area contributed by atoms with Gasteiger partial charge in [-0.15, -0.1) is 0 Å². The van der Waals surface area contributed by atoms with Crippen molar-refractivity contribution >= 4 is 12.4 Å². The van der Waals surface area contributed by atoms with Crippen molar-refractivity contribution in [2.75, 3.05) is 20.6 Å². The maximum Gasteiger partial charge on any atom is 0.405 e. The van der Waals surface area contributed by atoms with Gasteiger partial charge in [0.05, 0.1) is 6.04 Å². The third-order valence-corrected chi connectivity index (χ3v) is 1.81. The van der Waals surface area contributed by atoms with E-state index in [0.29, 0.717) is 12.7 Å². The van der Waals surface area contributed by atoms with Crippen molar-refractivity contribution in [2.45, 2.75) is 19.4 Å². The second kappa shape index (κ2) is 6.37. The van der Waals surface area contributed by atoms with Crippen LogP contribution in [0.4, 0.5) is 4.79 Å². The largest absolute Gasteiger partial charge is 0.465 e. The van der Waals surface area contributed by atoms with Gasteiger partial charge in [0.25, 0.3) is 0 Å². The Morgan fingerprint density at radius 2 is 2.14 bits per heavy atom. The fourth-order valence-electron chi connectivity index (χ4n) is 1.44. The molecule has 5 heteroatoms. The van der Waals surface area contributed by atoms with Gasteiger partial charge in [0.1, 0.15) is 6.29 Å². The number of rotatable bonds is 6. The van der Waals surface area contributed by atoms with Crippen molar-refractivity contribution in [3.63, 3.8) is 0 Å². The average Bonchev–Trinajstić information content (AvgIpc) is 2.00. The number of amides is 1. The minimum Gasteiger partial charge on any atom is -0.465 e. The zero-order chi connectivity index (χ0) is 11.1. The molecule has 0 saturated carbocycles. The van der Waals surface area contributed by atoms with Gasteiger partial charge in [0.15, 0.2) is 0 Å². The molecule has 0 radical (unpaired) electrons. The van der Waals surface area contributed by atoms with Crippen LogP contribution in [0.3, 0.4) is 0 Å². The molecule has 2 N–H and O–H groups in total. The minimum absolute atomic E-state index is 0.284. The monoisotopic (exact) mass is 202 g/mol. The van der Waals surface area contributed by atoms with Crippen molar-refractivity contribution < 1.29 is 14.7 Å². The Kier molecular flexibility index (Phi) is 5.87. The van der Waals surface area contributed by atoms with Gasteiger partial charge in [-0.2, -0.15) is 0 Å². The van der Waals surface area contributed by atoms with Gasteiger partial charge in [-0.25, -0.2) is 4.79 Å². The van der Waals surface area contributed by atoms with Crippen LogP contribution in [0.25, 0.3) is 0 Å². The highest BCUT2D eigenvalue weighted by Gasteiger charge is 2.14. The lowest BCUT2D eigenvalue weighted by Crippen LogP contribution is -2.37. The molecule has 0 fully saturated rings. The summed E-state index contributed by atoms with van der Waals surface area (Å²) in [5.74, 6) is 0.284. The van der Waals surface area contributed by atoms with Crippen LogP contribution in [0, 0.1) is 5.92 Å². The van der Waals surface area contributed by atoms with E-state index in [9.17, 15) is 9.59 Å². The predicted molar refractivity (Wildman–Crippen MR) is 53.3 cm³/mol. The summed E-state index contributed by atoms with van der Waals surface area (Å²) in [6, 6.07) is -0.595. The van der Waals surface area contributed by atoms with Gasteiger partial charge in [0.2, 0.25) is 0 Å². The molecule has 2 atom stereocenters. The molecule has 1 unspecified atom stereocenters. The number of hydrogen-bond acceptors (Lipinski definition) is 3. The van der Waals surface area contributed by atoms with Crippen LogP contribution in [0.1, 0.15) is 13.3 Å². The Hall–Kier alpha value is -1.10. The van der Waals surface area contributed by atoms with E-state index in [1.54, 1.807) is 0 Å². The molecule has 0 aliphatic heterocycles. The molecule has 0 aromatic rings. The number of carbonyl (C=O) groups excluding carboxylic acids is 1. The number of nitrogens with zero attached hydrogens (tertiary/aromatic N) is 1. The predicted octanol–water partition coefficient (Wildman–Crippen LogP) is 0.409. The second-order valence-electron chi connectivity index (χ2n) is 3.80. The first-order chi connectivity index (χ1) is 6.45. The molecule has 0 heterocycles. The Labute approximate surface area is 84.1 Å². The van der Waals surface area contributed by atoms with Gasteiger partial charge in [-0.1, -0.05) is 6.92 Å². The lowest BCUT2D eigenvalue weighted by atomic mass is 10.0. The number of carboxylic acid groups (broad SMARTS) is 1. The smallest absolute Gasteiger partial charge is 0.405 e. The Bertz CT molecular complexity index is 194. The molecule has 0 aliphatic rings. The van der Waals surface area contributed by atoms with E-state index in [1.807, 2.05) is 25.9 Å². The molecular weight excluding hydrogens is 184 g/mol. The molecule has 14 heavy (non-hydrogen) atoms. The SMILES string of the molecule is C[C@H](CC(C=O)NC(=O)O)CN(C)C. The Morgan fingerprint density at radius 1 is 1.57 bits per heavy atom. The molecule has 0 aromatic heterocycles. The first kappa shape index (κ1) is 12.9. The topological polar surface area (TPSA) is 69.6 Å². The summed E-state index contributed by atoms with van der Waals surface area (Å²) < 4.78 is 0. The molecular formula is C9H18N2O3. The highest BCUT2D eigenvalue weighted by Crippen LogP contribution is 2.05. The van der Waals surface area contributed by atoms with E-state index in [2.05, 4.69) is 5.32 Å². The molecule has 0 spiro atoms. The highest BCUT2D eigenvalue weighted by atomic mass is 16.4. The van der Waals surface area contributed by atoms with Gasteiger partial charge in [-0.05, 0) is 26.4 Å². The average molecular weight is 202 g/mol. The summed E-state index contributed by atoms with van der Waals surface area (Å²) in [5, 5.41) is 10.6. The Balaban J connectivity index is 3.91. The number of hydrogen-bond donors (Lipinski definition) is 2. The van der Waals surface area contributed by atoms with E-state index in [-0.39, 0.29) is 5.92 Å². The van der Waals surface area contributed by atoms with E-state index in [0.717, 1.165) is 6.54 Å². The van der Waals surface area contributed by atoms with Crippen LogP contribution in [0.5, 0.6) is 0 Å². The fraction of sp³-hybridized carbons (Fsp3) is 0.778. The normalized spacial score (nSPS) is 14.9. The van der Waals surface area contributed by atoms with Gasteiger partial charge in [-0.3, -0.25) is 0 Å². The highest BCUT2D eigenvalue weighted by molar-refractivity contribution is 5.71. The van der Waals surface area contributed by atoms with Crippen LogP contribution < -0.4 is 5.32 Å². The van der Waals surface area contributed by atoms with Crippen molar-refractivity contribution in [1.29, 1.82) is 0 Å². The third kappa shape index (κ3) is 6.42. The van der Waals surface area contributed by atoms with Crippen LogP contribution in [-0.4, -0.2) is 49.1 Å². The van der Waals surface area contributed by atoms with Crippen molar-refractivity contribution in [3.05, 3.63) is 0 Å². The van der Waals surface area contributed by atoms with Crippen LogP contribution in [0.15, 0.2) is 0 Å². The zero-order valence-corrected chi connectivity index (χ0v) is 8.86. The van der Waals surface area contributed by atoms with Gasteiger partial charge < -0.3 is 20.1 Å². The molecule has 82 valence electrons. The first-order valence-electron chi connectivity index (χ1n) is 4.55. The summed E-state index contributed by atoms with van der Waals surface area (Å²) in [6.07, 6.45) is 0.0213. The zero-order valence-electron chi connectivity index (χ0n) is 8.86. The first-order valence-corrected chi connectivity index (χ1v) is 4.55. The lowest BCUT2D eigenvalue weighted by molar-refractivity contribution is -0.109. The van der Waals surface area contributed by atoms with E-state index < -0.39 is 12.1 Å². The summed E-state index contributed by atoms with van der Waals surface area (Å²) in [5.41, 5.74) is 0. The Morgan fingerprint density at radius 3 is 2.50 bits per heavy atom. The lowest BCUT2D eigenvalue weighted by Gasteiger charge is -2.19. The quantitative estimate of drug-likeness (QED) is 0.612. The fourth-order valence-corrected chi connectivity index (χ4v) is 1.44. The van der Waals surface area contributed by atoms with E-state index in [1.165, 1.54) is 0 Å². The second-order valence-corrected chi connectivity index (χ2v) is 3.80. The molecule has 0 saturated heterocycles. The molecule has 0 rings (SSSR count). The van der Waals surface area contributed by atoms with E-state index >= 15 is 0 Å². The number of carbonyl (C=O) groups is 2. The maximum absolute atomic E-state index is 10.5. The molecule has 1 amide bonds. The van der Waals surface area contributed by atoms with Crippen LogP contribution >= 0.6 is 0 Å². The molecule has 0 aromatic carbocycles. The van der Waals surface area contributed by atoms with Crippen molar-refractivity contribution in [3.8, 4) is 0 Å². The molecule has 0 bridgehead atoms. The molecule has 5 nitrogen and oxygen atoms in total. The van der Waals surface area contributed by atoms with Gasteiger partial charge >= 0.3 is 6.09 Å². The third-order valence-electron chi connectivity index (χ3n) is 1.81. The number of aldehydes is 1. The van der Waals surface area contributed by atoms with Crippen molar-refractivity contribution in [1.82, 2.24) is 10.2 Å². The summed E-state index contributed by atoms with van der Waals surface area (Å²) >= 11 is 0. The minimum atomic E-state index is -1.15. The summed E-state index contributed by atoms with van der Waals surface area (Å²) in [4.78, 5) is 22.8. The molecule has 0 aliphatic carbocycles. The maximum atomic E-state index is 10.5. The van der Waals surface area contributed by atoms with Crippen LogP contribution in [-0.2, 0) is 4.79 Å². The van der Waals surface area contributed by atoms with Gasteiger partial charge in [0, 0.05) is 6.54 Å². The van der Waals surface area contributed by atoms with Crippen LogP contribution in [0.2, 0.25) is 0 Å². The van der Waals surface area contributed by atoms with Crippen molar-refractivity contribution in [2.24, 2.45) is 5.92 Å². The van der Waals surface area contributed by atoms with E-state index in [4.69, 9.17) is 5.11 Å². The number of nitrogens with one attached hydrogen (secondary N) is 1. The summed E-state index contributed by atoms with van der Waals surface area (Å²) in [7, 11) is 3.88. The standard InChI is InChI=1S/C9H18N2O3/c1-7(5-11(2)3)4-8(6-12)10-9(13)14/h6-8,10H,4-5H2,1-3H3,(H,13,14)/t7-,8?/m1/s1. The summed E-state index contributed by atoms with van der Waals surface area (Å²) in [6.45, 7) is 2.83.